The molecular formula is C14H12K2O8S2. The van der Waals surface area contributed by atoms with Gasteiger partial charge in [0.25, 0.3) is 0 Å². The van der Waals surface area contributed by atoms with Crippen molar-refractivity contribution < 1.29 is 139 Å². The normalized spacial score (nSPS) is 11.4. The van der Waals surface area contributed by atoms with E-state index in [0.29, 0.717) is 0 Å². The number of hydrogen-bond acceptors (Lipinski definition) is 8. The van der Waals surface area contributed by atoms with Crippen LogP contribution in [0.4, 0.5) is 0 Å². The molecule has 0 aliphatic carbocycles. The van der Waals surface area contributed by atoms with Crippen molar-refractivity contribution in [3.63, 3.8) is 0 Å². The molecule has 26 heavy (non-hydrogen) atoms. The topological polar surface area (TPSA) is 155 Å². The molecule has 0 fully saturated rings. The predicted octanol–water partition coefficient (Wildman–Crippen LogP) is -4.80. The first-order valence-electron chi connectivity index (χ1n) is 6.43. The first kappa shape index (κ1) is 27.1. The third kappa shape index (κ3) is 5.60. The van der Waals surface area contributed by atoms with Crippen LogP contribution in [0.25, 0.3) is 11.1 Å². The van der Waals surface area contributed by atoms with Crippen LogP contribution in [0.1, 0.15) is 11.1 Å². The van der Waals surface area contributed by atoms with Gasteiger partial charge in [-0.3, -0.25) is 0 Å². The molecule has 2 rings (SSSR count). The SMILES string of the molecule is Cc1c(-c2ccc(O)c(S(=O)(=O)[O-])c2C)ccc(O)c1S(=O)(=O)[O-].[K+].[K+]. The van der Waals surface area contributed by atoms with Gasteiger partial charge in [-0.05, 0) is 48.2 Å². The van der Waals surface area contributed by atoms with E-state index >= 15 is 0 Å². The fourth-order valence-corrected chi connectivity index (χ4v) is 4.19. The Kier molecular flexibility index (Phi) is 10.2. The van der Waals surface area contributed by atoms with Gasteiger partial charge in [0.15, 0.2) is 0 Å². The monoisotopic (exact) mass is 450 g/mol. The van der Waals surface area contributed by atoms with Gasteiger partial charge >= 0.3 is 103 Å². The molecule has 12 heteroatoms. The fourth-order valence-electron chi connectivity index (χ4n) is 2.57. The van der Waals surface area contributed by atoms with E-state index in [1.54, 1.807) is 0 Å². The van der Waals surface area contributed by atoms with Gasteiger partial charge < -0.3 is 19.3 Å². The van der Waals surface area contributed by atoms with E-state index in [1.807, 2.05) is 0 Å². The van der Waals surface area contributed by atoms with Crippen LogP contribution < -0.4 is 103 Å². The van der Waals surface area contributed by atoms with Gasteiger partial charge in [-0.2, -0.15) is 0 Å². The molecule has 0 aliphatic heterocycles. The van der Waals surface area contributed by atoms with Crippen LogP contribution >= 0.6 is 0 Å². The molecular weight excluding hydrogens is 438 g/mol. The Hall–Kier alpha value is 1.13. The van der Waals surface area contributed by atoms with Crippen molar-refractivity contribution in [2.45, 2.75) is 23.6 Å². The molecule has 0 saturated carbocycles. The van der Waals surface area contributed by atoms with Crippen LogP contribution in [0, 0.1) is 13.8 Å². The molecule has 0 aromatic heterocycles. The summed E-state index contributed by atoms with van der Waals surface area (Å²) in [7, 11) is -9.97. The molecule has 0 unspecified atom stereocenters. The number of phenols is 2. The summed E-state index contributed by atoms with van der Waals surface area (Å²) >= 11 is 0. The zero-order valence-corrected chi connectivity index (χ0v) is 22.3. The summed E-state index contributed by atoms with van der Waals surface area (Å²) < 4.78 is 67.9. The number of phenolic OH excluding ortho intramolecular Hbond substituents is 2. The van der Waals surface area contributed by atoms with Crippen LogP contribution in [-0.2, 0) is 20.2 Å². The van der Waals surface area contributed by atoms with E-state index in [2.05, 4.69) is 0 Å². The van der Waals surface area contributed by atoms with Crippen LogP contribution in [0.3, 0.4) is 0 Å². The average Bonchev–Trinajstić information content (AvgIpc) is 2.37. The molecule has 0 spiro atoms. The molecule has 0 bridgehead atoms. The van der Waals surface area contributed by atoms with Crippen molar-refractivity contribution in [3.05, 3.63) is 35.4 Å². The van der Waals surface area contributed by atoms with Gasteiger partial charge in [0.1, 0.15) is 31.7 Å². The minimum Gasteiger partial charge on any atom is -0.744 e. The van der Waals surface area contributed by atoms with Gasteiger partial charge in [-0.1, -0.05) is 12.1 Å². The zero-order chi connectivity index (χ0) is 18.4. The maximum atomic E-state index is 11.3. The number of benzene rings is 2. The molecule has 2 aromatic rings. The van der Waals surface area contributed by atoms with Crippen LogP contribution in [0.5, 0.6) is 11.5 Å². The van der Waals surface area contributed by atoms with E-state index in [1.165, 1.54) is 26.0 Å². The maximum Gasteiger partial charge on any atom is 1.00 e. The summed E-state index contributed by atoms with van der Waals surface area (Å²) in [5.74, 6) is -1.47. The largest absolute Gasteiger partial charge is 1.00 e. The zero-order valence-electron chi connectivity index (χ0n) is 14.5. The minimum absolute atomic E-state index is 0. The Bertz CT molecular complexity index is 962. The molecule has 0 radical (unpaired) electrons. The van der Waals surface area contributed by atoms with Crippen LogP contribution in [0.15, 0.2) is 34.1 Å². The second-order valence-corrected chi connectivity index (χ2v) is 7.71. The Morgan fingerprint density at radius 1 is 0.692 bits per heavy atom. The molecule has 0 aliphatic rings. The molecule has 2 N–H and O–H groups in total. The quantitative estimate of drug-likeness (QED) is 0.349. The maximum absolute atomic E-state index is 11.3. The Labute approximate surface area is 236 Å². The molecule has 0 heterocycles. The minimum atomic E-state index is -4.98. The van der Waals surface area contributed by atoms with Gasteiger partial charge in [0.05, 0.1) is 9.79 Å². The summed E-state index contributed by atoms with van der Waals surface area (Å²) in [6.45, 7) is 2.52. The number of rotatable bonds is 3. The summed E-state index contributed by atoms with van der Waals surface area (Å²) in [5, 5.41) is 19.3. The number of hydrogen-bond donors (Lipinski definition) is 2. The van der Waals surface area contributed by atoms with Crippen molar-refractivity contribution in [2.24, 2.45) is 0 Å². The van der Waals surface area contributed by atoms with Crippen molar-refractivity contribution in [2.75, 3.05) is 0 Å². The van der Waals surface area contributed by atoms with Crippen LogP contribution in [-0.4, -0.2) is 36.2 Å². The van der Waals surface area contributed by atoms with Gasteiger partial charge in [-0.25, -0.2) is 16.8 Å². The van der Waals surface area contributed by atoms with E-state index in [4.69, 9.17) is 0 Å². The molecule has 130 valence electrons. The molecule has 0 saturated heterocycles. The first-order chi connectivity index (χ1) is 10.9. The van der Waals surface area contributed by atoms with E-state index < -0.39 is 41.5 Å². The standard InChI is InChI=1S/C14H14O8S2.2K/c1-7-9(3-5-11(15)13(7)23(17,18)19)10-4-6-12(16)14(8(10)2)24(20,21)22;;/h3-6,15-16H,1-2H3,(H,17,18,19)(H,20,21,22);;/q;2*+1/p-2. The van der Waals surface area contributed by atoms with E-state index in [0.717, 1.165) is 12.1 Å². The van der Waals surface area contributed by atoms with Gasteiger partial charge in [-0.15, -0.1) is 0 Å². The second-order valence-electron chi connectivity index (χ2n) is 5.08. The van der Waals surface area contributed by atoms with Gasteiger partial charge in [0.2, 0.25) is 0 Å². The molecule has 0 amide bonds. The molecule has 0 atom stereocenters. The summed E-state index contributed by atoms with van der Waals surface area (Å²) in [4.78, 5) is -1.67. The van der Waals surface area contributed by atoms with E-state index in [-0.39, 0.29) is 125 Å². The van der Waals surface area contributed by atoms with Crippen molar-refractivity contribution in [1.82, 2.24) is 0 Å². The Morgan fingerprint density at radius 2 is 0.962 bits per heavy atom. The third-order valence-electron chi connectivity index (χ3n) is 3.56. The third-order valence-corrected chi connectivity index (χ3v) is 5.59. The Morgan fingerprint density at radius 3 is 1.19 bits per heavy atom. The van der Waals surface area contributed by atoms with Gasteiger partial charge in [0, 0.05) is 0 Å². The summed E-state index contributed by atoms with van der Waals surface area (Å²) in [5.41, 5.74) is 0.0512. The van der Waals surface area contributed by atoms with Crippen molar-refractivity contribution in [3.8, 4) is 22.6 Å². The molecule has 2 aromatic carbocycles. The first-order valence-corrected chi connectivity index (χ1v) is 9.24. The van der Waals surface area contributed by atoms with Crippen molar-refractivity contribution in [1.29, 1.82) is 0 Å². The van der Waals surface area contributed by atoms with E-state index in [9.17, 15) is 36.2 Å². The Balaban J connectivity index is 0.00000312. The number of aromatic hydroxyl groups is 2. The van der Waals surface area contributed by atoms with Crippen LogP contribution in [0.2, 0.25) is 0 Å². The smallest absolute Gasteiger partial charge is 0.744 e. The summed E-state index contributed by atoms with van der Waals surface area (Å²) in [6, 6.07) is 4.51. The van der Waals surface area contributed by atoms with Crippen molar-refractivity contribution >= 4 is 20.2 Å². The summed E-state index contributed by atoms with van der Waals surface area (Å²) in [6.07, 6.45) is 0. The average molecular weight is 451 g/mol. The molecule has 8 nitrogen and oxygen atoms in total. The predicted molar refractivity (Wildman–Crippen MR) is 80.6 cm³/mol. The fraction of sp³-hybridized carbons (Fsp3) is 0.143. The second kappa shape index (κ2) is 9.76.